The molecule has 2 heterocycles. The minimum absolute atomic E-state index is 0. The van der Waals surface area contributed by atoms with Crippen LogP contribution < -0.4 is 5.32 Å². The Hall–Kier alpha value is -0.810. The first-order valence-electron chi connectivity index (χ1n) is 5.77. The predicted molar refractivity (Wildman–Crippen MR) is 72.1 cm³/mol. The van der Waals surface area contributed by atoms with E-state index < -0.39 is 5.60 Å². The summed E-state index contributed by atoms with van der Waals surface area (Å²) in [5, 5.41) is 22.6. The lowest BCUT2D eigenvalue weighted by atomic mass is 9.99. The van der Waals surface area contributed by atoms with Gasteiger partial charge in [0.2, 0.25) is 0 Å². The Labute approximate surface area is 115 Å². The van der Waals surface area contributed by atoms with Gasteiger partial charge in [-0.2, -0.15) is 5.10 Å². The van der Waals surface area contributed by atoms with Gasteiger partial charge in [-0.3, -0.25) is 5.10 Å². The third kappa shape index (κ3) is 1.37. The average Bonchev–Trinajstić information content (AvgIpc) is 2.79. The molecule has 96 valence electrons. The lowest BCUT2D eigenvalue weighted by molar-refractivity contribution is 0.110. The highest BCUT2D eigenvalue weighted by Gasteiger charge is 2.67. The summed E-state index contributed by atoms with van der Waals surface area (Å²) in [4.78, 5) is 0. The van der Waals surface area contributed by atoms with Crippen molar-refractivity contribution in [2.45, 2.75) is 5.60 Å². The summed E-state index contributed by atoms with van der Waals surface area (Å²) >= 11 is 6.10. The van der Waals surface area contributed by atoms with E-state index >= 15 is 0 Å². The highest BCUT2D eigenvalue weighted by Crippen LogP contribution is 2.60. The van der Waals surface area contributed by atoms with E-state index in [0.717, 1.165) is 29.6 Å². The third-order valence-electron chi connectivity index (χ3n) is 4.19. The normalized spacial score (nSPS) is 33.2. The number of piperidine rings is 1. The van der Waals surface area contributed by atoms with Gasteiger partial charge in [-0.15, -0.1) is 12.4 Å². The van der Waals surface area contributed by atoms with Gasteiger partial charge in [0.15, 0.2) is 0 Å². The topological polar surface area (TPSA) is 60.9 Å². The molecule has 1 aromatic carbocycles. The van der Waals surface area contributed by atoms with E-state index in [0.29, 0.717) is 16.9 Å². The Kier molecular flexibility index (Phi) is 2.61. The van der Waals surface area contributed by atoms with Gasteiger partial charge >= 0.3 is 0 Å². The van der Waals surface area contributed by atoms with Crippen LogP contribution in [0.15, 0.2) is 18.3 Å². The van der Waals surface area contributed by atoms with Crippen LogP contribution in [0.3, 0.4) is 0 Å². The van der Waals surface area contributed by atoms with Gasteiger partial charge in [0.05, 0.1) is 17.3 Å². The quantitative estimate of drug-likeness (QED) is 0.747. The lowest BCUT2D eigenvalue weighted by Crippen LogP contribution is -2.25. The molecule has 4 nitrogen and oxygen atoms in total. The van der Waals surface area contributed by atoms with Crippen molar-refractivity contribution in [2.75, 3.05) is 13.1 Å². The fourth-order valence-corrected chi connectivity index (χ4v) is 3.48. The van der Waals surface area contributed by atoms with Crippen molar-refractivity contribution in [3.63, 3.8) is 0 Å². The first kappa shape index (κ1) is 12.2. The molecule has 0 radical (unpaired) electrons. The van der Waals surface area contributed by atoms with E-state index in [2.05, 4.69) is 15.5 Å². The van der Waals surface area contributed by atoms with Crippen LogP contribution in [0.2, 0.25) is 5.02 Å². The molecule has 2 aromatic rings. The van der Waals surface area contributed by atoms with Crippen molar-refractivity contribution < 1.29 is 5.11 Å². The summed E-state index contributed by atoms with van der Waals surface area (Å²) in [6.07, 6.45) is 1.76. The number of halogens is 2. The van der Waals surface area contributed by atoms with Crippen LogP contribution in [-0.2, 0) is 5.60 Å². The zero-order valence-electron chi connectivity index (χ0n) is 9.48. The van der Waals surface area contributed by atoms with Gasteiger partial charge in [0.25, 0.3) is 0 Å². The molecular weight excluding hydrogens is 273 g/mol. The Morgan fingerprint density at radius 1 is 1.33 bits per heavy atom. The molecule has 1 saturated heterocycles. The van der Waals surface area contributed by atoms with Gasteiger partial charge < -0.3 is 10.4 Å². The van der Waals surface area contributed by atoms with Crippen LogP contribution >= 0.6 is 24.0 Å². The number of aliphatic hydroxyl groups is 1. The second-order valence-corrected chi connectivity index (χ2v) is 5.42. The fourth-order valence-electron chi connectivity index (χ4n) is 3.26. The second-order valence-electron chi connectivity index (χ2n) is 4.98. The Balaban J connectivity index is 0.000001000. The number of benzene rings is 1. The summed E-state index contributed by atoms with van der Waals surface area (Å²) in [6.45, 7) is 1.76. The number of aromatic nitrogens is 2. The molecule has 3 atom stereocenters. The Morgan fingerprint density at radius 3 is 2.78 bits per heavy atom. The van der Waals surface area contributed by atoms with Crippen LogP contribution in [0.4, 0.5) is 0 Å². The summed E-state index contributed by atoms with van der Waals surface area (Å²) in [5.41, 5.74) is 1.10. The maximum absolute atomic E-state index is 10.8. The molecule has 0 unspecified atom stereocenters. The monoisotopic (exact) mass is 285 g/mol. The van der Waals surface area contributed by atoms with Crippen molar-refractivity contribution in [1.82, 2.24) is 15.5 Å². The minimum Gasteiger partial charge on any atom is -0.384 e. The van der Waals surface area contributed by atoms with Crippen LogP contribution in [-0.4, -0.2) is 28.4 Å². The zero-order chi connectivity index (χ0) is 11.6. The molecule has 3 N–H and O–H groups in total. The van der Waals surface area contributed by atoms with Crippen molar-refractivity contribution in [1.29, 1.82) is 0 Å². The van der Waals surface area contributed by atoms with Crippen LogP contribution in [0.5, 0.6) is 0 Å². The van der Waals surface area contributed by atoms with Gasteiger partial charge in [0.1, 0.15) is 0 Å². The number of aromatic amines is 1. The number of hydrogen-bond acceptors (Lipinski definition) is 3. The largest absolute Gasteiger partial charge is 0.384 e. The standard InChI is InChI=1S/C12H12ClN3O.ClH/c13-6-1-8(7-3-15-16-11(7)2-6)12(17)9-4-14-5-10(9)12;/h1-3,9-10,14,17H,4-5H2,(H,15,16);1H/t9-,10+,12+;. The molecule has 2 fully saturated rings. The number of fused-ring (bicyclic) bond motifs is 2. The molecule has 0 spiro atoms. The van der Waals surface area contributed by atoms with Crippen molar-refractivity contribution in [3.05, 3.63) is 28.9 Å². The summed E-state index contributed by atoms with van der Waals surface area (Å²) in [6, 6.07) is 3.71. The molecule has 2 aliphatic rings. The molecule has 18 heavy (non-hydrogen) atoms. The zero-order valence-corrected chi connectivity index (χ0v) is 11.1. The van der Waals surface area contributed by atoms with E-state index in [-0.39, 0.29) is 12.4 Å². The summed E-state index contributed by atoms with van der Waals surface area (Å²) in [5.74, 6) is 0.637. The molecule has 1 aliphatic heterocycles. The van der Waals surface area contributed by atoms with Crippen LogP contribution in [0, 0.1) is 11.8 Å². The number of nitrogens with one attached hydrogen (secondary N) is 2. The lowest BCUT2D eigenvalue weighted by Gasteiger charge is -2.16. The second kappa shape index (κ2) is 3.84. The van der Waals surface area contributed by atoms with Gasteiger partial charge in [-0.05, 0) is 17.7 Å². The maximum atomic E-state index is 10.8. The van der Waals surface area contributed by atoms with E-state index in [9.17, 15) is 5.11 Å². The molecule has 0 amide bonds. The molecule has 6 heteroatoms. The van der Waals surface area contributed by atoms with E-state index in [4.69, 9.17) is 11.6 Å². The van der Waals surface area contributed by atoms with Crippen LogP contribution in [0.1, 0.15) is 5.56 Å². The predicted octanol–water partition coefficient (Wildman–Crippen LogP) is 1.67. The highest BCUT2D eigenvalue weighted by atomic mass is 35.5. The number of rotatable bonds is 1. The molecular formula is C12H13Cl2N3O. The maximum Gasteiger partial charge on any atom is 0.0993 e. The molecule has 4 rings (SSSR count). The molecule has 1 aromatic heterocycles. The van der Waals surface area contributed by atoms with Crippen LogP contribution in [0.25, 0.3) is 10.9 Å². The number of H-pyrrole nitrogens is 1. The number of nitrogens with zero attached hydrogens (tertiary/aromatic N) is 1. The molecule has 1 saturated carbocycles. The van der Waals surface area contributed by atoms with Crippen molar-refractivity contribution in [2.24, 2.45) is 11.8 Å². The van der Waals surface area contributed by atoms with E-state index in [1.807, 2.05) is 12.1 Å². The average molecular weight is 286 g/mol. The smallest absolute Gasteiger partial charge is 0.0993 e. The van der Waals surface area contributed by atoms with Gasteiger partial charge in [0, 0.05) is 35.3 Å². The fraction of sp³-hybridized carbons (Fsp3) is 0.417. The molecule has 0 bridgehead atoms. The Bertz CT molecular complexity index is 602. The van der Waals surface area contributed by atoms with Gasteiger partial charge in [-0.1, -0.05) is 11.6 Å². The minimum atomic E-state index is -0.710. The Morgan fingerprint density at radius 2 is 2.06 bits per heavy atom. The van der Waals surface area contributed by atoms with E-state index in [1.54, 1.807) is 6.20 Å². The first-order valence-corrected chi connectivity index (χ1v) is 6.15. The third-order valence-corrected chi connectivity index (χ3v) is 4.41. The first-order chi connectivity index (χ1) is 8.21. The SMILES string of the molecule is Cl.O[C@@]1(c2cc(Cl)cc3[nH]ncc23)[C@@H]2CNC[C@@H]21. The van der Waals surface area contributed by atoms with Crippen molar-refractivity contribution in [3.8, 4) is 0 Å². The summed E-state index contributed by atoms with van der Waals surface area (Å²) < 4.78 is 0. The molecule has 1 aliphatic carbocycles. The highest BCUT2D eigenvalue weighted by molar-refractivity contribution is 6.31. The van der Waals surface area contributed by atoms with Crippen molar-refractivity contribution >= 4 is 34.9 Å². The number of hydrogen-bond donors (Lipinski definition) is 3. The van der Waals surface area contributed by atoms with Gasteiger partial charge in [-0.25, -0.2) is 0 Å². The summed E-state index contributed by atoms with van der Waals surface area (Å²) in [7, 11) is 0. The van der Waals surface area contributed by atoms with E-state index in [1.165, 1.54) is 0 Å².